The van der Waals surface area contributed by atoms with Crippen molar-refractivity contribution in [2.45, 2.75) is 6.92 Å². The van der Waals surface area contributed by atoms with E-state index in [4.69, 9.17) is 4.74 Å². The summed E-state index contributed by atoms with van der Waals surface area (Å²) in [5, 5.41) is 2.07. The highest BCUT2D eigenvalue weighted by molar-refractivity contribution is 6.05. The Morgan fingerprint density at radius 2 is 1.82 bits per heavy atom. The minimum atomic E-state index is 0.649. The molecule has 3 nitrogen and oxygen atoms in total. The van der Waals surface area contributed by atoms with Crippen LogP contribution in [0.15, 0.2) is 42.7 Å². The maximum absolute atomic E-state index is 5.66. The fourth-order valence-corrected chi connectivity index (χ4v) is 2.02. The van der Waals surface area contributed by atoms with Crippen molar-refractivity contribution in [3.8, 4) is 5.75 Å². The Kier molecular flexibility index (Phi) is 2.37. The summed E-state index contributed by atoms with van der Waals surface area (Å²) in [6.07, 6.45) is 3.57. The minimum absolute atomic E-state index is 0.649. The van der Waals surface area contributed by atoms with Gasteiger partial charge in [-0.3, -0.25) is 9.97 Å². The molecule has 0 amide bonds. The van der Waals surface area contributed by atoms with Gasteiger partial charge in [-0.25, -0.2) is 0 Å². The highest BCUT2D eigenvalue weighted by atomic mass is 16.5. The first kappa shape index (κ1) is 10.0. The molecule has 84 valence electrons. The molecule has 0 aliphatic rings. The number of aromatic nitrogens is 2. The van der Waals surface area contributed by atoms with Gasteiger partial charge in [0.15, 0.2) is 0 Å². The van der Waals surface area contributed by atoms with E-state index in [9.17, 15) is 0 Å². The molecule has 0 unspecified atom stereocenters. The Labute approximate surface area is 99.1 Å². The van der Waals surface area contributed by atoms with Crippen LogP contribution in [-0.2, 0) is 0 Å². The van der Waals surface area contributed by atoms with Gasteiger partial charge in [0.1, 0.15) is 11.3 Å². The molecule has 0 radical (unpaired) electrons. The highest BCUT2D eigenvalue weighted by Crippen LogP contribution is 2.30. The zero-order chi connectivity index (χ0) is 11.7. The van der Waals surface area contributed by atoms with Gasteiger partial charge in [0.05, 0.1) is 12.1 Å². The predicted molar refractivity (Wildman–Crippen MR) is 68.2 cm³/mol. The molecule has 2 aromatic heterocycles. The van der Waals surface area contributed by atoms with Crippen molar-refractivity contribution in [2.24, 2.45) is 0 Å². The Balaban J connectivity index is 2.45. The molecule has 1 aromatic carbocycles. The fourth-order valence-electron chi connectivity index (χ4n) is 2.02. The molecule has 0 saturated carbocycles. The molecular formula is C14H12N2O. The molecule has 0 aliphatic carbocycles. The van der Waals surface area contributed by atoms with Crippen molar-refractivity contribution < 1.29 is 4.74 Å². The van der Waals surface area contributed by atoms with Gasteiger partial charge in [-0.15, -0.1) is 0 Å². The molecule has 0 saturated heterocycles. The van der Waals surface area contributed by atoms with E-state index in [1.807, 2.05) is 37.3 Å². The lowest BCUT2D eigenvalue weighted by Gasteiger charge is -2.09. The second-order valence-electron chi connectivity index (χ2n) is 3.78. The normalized spacial score (nSPS) is 10.9. The van der Waals surface area contributed by atoms with Crippen LogP contribution in [0.1, 0.15) is 6.92 Å². The average molecular weight is 224 g/mol. The fraction of sp³-hybridized carbons (Fsp3) is 0.143. The quantitative estimate of drug-likeness (QED) is 0.627. The van der Waals surface area contributed by atoms with Crippen LogP contribution >= 0.6 is 0 Å². The van der Waals surface area contributed by atoms with Gasteiger partial charge < -0.3 is 4.74 Å². The number of nitrogens with zero attached hydrogens (tertiary/aromatic N) is 2. The van der Waals surface area contributed by atoms with E-state index < -0.39 is 0 Å². The van der Waals surface area contributed by atoms with E-state index in [1.165, 1.54) is 0 Å². The van der Waals surface area contributed by atoms with Crippen molar-refractivity contribution in [3.05, 3.63) is 42.7 Å². The molecule has 17 heavy (non-hydrogen) atoms. The molecule has 0 N–H and O–H groups in total. The standard InChI is InChI=1S/C14H12N2O/c1-2-17-12-9-10-5-3-7-15-13(10)14-11(12)6-4-8-16-14/h3-9H,2H2,1H3. The molecule has 0 spiro atoms. The van der Waals surface area contributed by atoms with Crippen molar-refractivity contribution in [2.75, 3.05) is 6.61 Å². The molecule has 3 heteroatoms. The number of pyridine rings is 2. The van der Waals surface area contributed by atoms with E-state index in [0.717, 1.165) is 27.6 Å². The van der Waals surface area contributed by atoms with E-state index in [0.29, 0.717) is 6.61 Å². The Morgan fingerprint density at radius 3 is 2.65 bits per heavy atom. The Hall–Kier alpha value is -2.16. The van der Waals surface area contributed by atoms with Gasteiger partial charge in [-0.05, 0) is 31.2 Å². The zero-order valence-electron chi connectivity index (χ0n) is 9.55. The SMILES string of the molecule is CCOc1cc2cccnc2c2ncccc12. The smallest absolute Gasteiger partial charge is 0.129 e. The Bertz CT molecular complexity index is 679. The summed E-state index contributed by atoms with van der Waals surface area (Å²) < 4.78 is 5.66. The summed E-state index contributed by atoms with van der Waals surface area (Å²) in [7, 11) is 0. The van der Waals surface area contributed by atoms with E-state index in [1.54, 1.807) is 12.4 Å². The van der Waals surface area contributed by atoms with Gasteiger partial charge >= 0.3 is 0 Å². The average Bonchev–Trinajstić information content (AvgIpc) is 2.39. The molecule has 0 bridgehead atoms. The molecular weight excluding hydrogens is 212 g/mol. The van der Waals surface area contributed by atoms with Crippen LogP contribution in [0.3, 0.4) is 0 Å². The van der Waals surface area contributed by atoms with Crippen LogP contribution in [-0.4, -0.2) is 16.6 Å². The number of hydrogen-bond donors (Lipinski definition) is 0. The van der Waals surface area contributed by atoms with Crippen LogP contribution in [0, 0.1) is 0 Å². The number of rotatable bonds is 2. The van der Waals surface area contributed by atoms with Crippen LogP contribution in [0.25, 0.3) is 21.8 Å². The first-order valence-electron chi connectivity index (χ1n) is 5.65. The molecule has 0 fully saturated rings. The number of fused-ring (bicyclic) bond motifs is 3. The third kappa shape index (κ3) is 1.60. The number of benzene rings is 1. The van der Waals surface area contributed by atoms with Crippen molar-refractivity contribution in [1.29, 1.82) is 0 Å². The molecule has 3 rings (SSSR count). The summed E-state index contributed by atoms with van der Waals surface area (Å²) in [4.78, 5) is 8.80. The molecule has 0 atom stereocenters. The summed E-state index contributed by atoms with van der Waals surface area (Å²) in [6.45, 7) is 2.63. The second kappa shape index (κ2) is 4.01. The van der Waals surface area contributed by atoms with Gasteiger partial charge in [0, 0.05) is 23.2 Å². The highest BCUT2D eigenvalue weighted by Gasteiger charge is 2.08. The second-order valence-corrected chi connectivity index (χ2v) is 3.78. The lowest BCUT2D eigenvalue weighted by Crippen LogP contribution is -1.94. The van der Waals surface area contributed by atoms with Gasteiger partial charge in [-0.2, -0.15) is 0 Å². The lowest BCUT2D eigenvalue weighted by atomic mass is 10.1. The number of hydrogen-bond acceptors (Lipinski definition) is 3. The maximum Gasteiger partial charge on any atom is 0.129 e. The maximum atomic E-state index is 5.66. The summed E-state index contributed by atoms with van der Waals surface area (Å²) in [5.74, 6) is 0.871. The van der Waals surface area contributed by atoms with E-state index >= 15 is 0 Å². The Morgan fingerprint density at radius 1 is 1.06 bits per heavy atom. The van der Waals surface area contributed by atoms with E-state index in [2.05, 4.69) is 9.97 Å². The summed E-state index contributed by atoms with van der Waals surface area (Å²) in [6, 6.07) is 9.91. The lowest BCUT2D eigenvalue weighted by molar-refractivity contribution is 0.344. The zero-order valence-corrected chi connectivity index (χ0v) is 9.55. The predicted octanol–water partition coefficient (Wildman–Crippen LogP) is 3.18. The molecule has 3 aromatic rings. The summed E-state index contributed by atoms with van der Waals surface area (Å²) in [5.41, 5.74) is 1.82. The monoisotopic (exact) mass is 224 g/mol. The largest absolute Gasteiger partial charge is 0.493 e. The van der Waals surface area contributed by atoms with Crippen molar-refractivity contribution in [3.63, 3.8) is 0 Å². The third-order valence-electron chi connectivity index (χ3n) is 2.72. The molecule has 0 aliphatic heterocycles. The van der Waals surface area contributed by atoms with Crippen molar-refractivity contribution in [1.82, 2.24) is 9.97 Å². The topological polar surface area (TPSA) is 35.0 Å². The summed E-state index contributed by atoms with van der Waals surface area (Å²) >= 11 is 0. The van der Waals surface area contributed by atoms with E-state index in [-0.39, 0.29) is 0 Å². The van der Waals surface area contributed by atoms with Gasteiger partial charge in [0.25, 0.3) is 0 Å². The molecule has 2 heterocycles. The van der Waals surface area contributed by atoms with Crippen LogP contribution in [0.4, 0.5) is 0 Å². The van der Waals surface area contributed by atoms with Crippen LogP contribution in [0.2, 0.25) is 0 Å². The van der Waals surface area contributed by atoms with Gasteiger partial charge in [0.2, 0.25) is 0 Å². The third-order valence-corrected chi connectivity index (χ3v) is 2.72. The van der Waals surface area contributed by atoms with Crippen LogP contribution < -0.4 is 4.74 Å². The first-order chi connectivity index (χ1) is 8.40. The van der Waals surface area contributed by atoms with Crippen molar-refractivity contribution >= 4 is 21.8 Å². The van der Waals surface area contributed by atoms with Crippen LogP contribution in [0.5, 0.6) is 5.75 Å². The minimum Gasteiger partial charge on any atom is -0.493 e. The van der Waals surface area contributed by atoms with Gasteiger partial charge in [-0.1, -0.05) is 6.07 Å². The first-order valence-corrected chi connectivity index (χ1v) is 5.65. The number of ether oxygens (including phenoxy) is 1.